The van der Waals surface area contributed by atoms with Gasteiger partial charge in [-0.2, -0.15) is 0 Å². The zero-order valence-electron chi connectivity index (χ0n) is 12.5. The molecule has 1 heterocycles. The summed E-state index contributed by atoms with van der Waals surface area (Å²) in [6.07, 6.45) is 4.11. The molecule has 0 bridgehead atoms. The van der Waals surface area contributed by atoms with Gasteiger partial charge in [0.25, 0.3) is 0 Å². The summed E-state index contributed by atoms with van der Waals surface area (Å²) in [4.78, 5) is 20.3. The van der Waals surface area contributed by atoms with E-state index in [4.69, 9.17) is 4.74 Å². The molecule has 4 heteroatoms. The third-order valence-corrected chi connectivity index (χ3v) is 4.22. The fourth-order valence-electron chi connectivity index (χ4n) is 3.40. The van der Waals surface area contributed by atoms with E-state index in [2.05, 4.69) is 42.0 Å². The molecule has 0 fully saturated rings. The molecule has 1 aliphatic carbocycles. The first kappa shape index (κ1) is 13.7. The Morgan fingerprint density at radius 3 is 2.81 bits per heavy atom. The maximum Gasteiger partial charge on any atom is 0.357 e. The smallest absolute Gasteiger partial charge is 0.357 e. The van der Waals surface area contributed by atoms with Gasteiger partial charge < -0.3 is 4.74 Å². The number of methoxy groups -OCH3 is 1. The number of rotatable bonds is 2. The molecule has 3 rings (SSSR count). The summed E-state index contributed by atoms with van der Waals surface area (Å²) in [5.74, 6) is -0.309. The highest BCUT2D eigenvalue weighted by Gasteiger charge is 2.41. The quantitative estimate of drug-likeness (QED) is 0.795. The average Bonchev–Trinajstić information content (AvgIpc) is 2.76. The lowest BCUT2D eigenvalue weighted by Gasteiger charge is -2.28. The molecule has 0 saturated heterocycles. The minimum absolute atomic E-state index is 0.0111. The van der Waals surface area contributed by atoms with Crippen LogP contribution in [-0.4, -0.2) is 23.0 Å². The minimum atomic E-state index is -0.410. The van der Waals surface area contributed by atoms with Gasteiger partial charge in [-0.25, -0.2) is 14.8 Å². The molecule has 2 aromatic rings. The molecule has 0 radical (unpaired) electrons. The molecule has 4 nitrogen and oxygen atoms in total. The van der Waals surface area contributed by atoms with Crippen molar-refractivity contribution in [2.24, 2.45) is 5.41 Å². The van der Waals surface area contributed by atoms with Crippen molar-refractivity contribution in [3.05, 3.63) is 59.2 Å². The maximum absolute atomic E-state index is 12.0. The highest BCUT2D eigenvalue weighted by atomic mass is 16.5. The van der Waals surface area contributed by atoms with Crippen LogP contribution in [0, 0.1) is 5.41 Å². The van der Waals surface area contributed by atoms with Crippen LogP contribution in [0.3, 0.4) is 0 Å². The van der Waals surface area contributed by atoms with Crippen molar-refractivity contribution in [3.63, 3.8) is 0 Å². The topological polar surface area (TPSA) is 52.1 Å². The first-order valence-electron chi connectivity index (χ1n) is 7.00. The monoisotopic (exact) mass is 282 g/mol. The van der Waals surface area contributed by atoms with Crippen LogP contribution >= 0.6 is 0 Å². The average molecular weight is 282 g/mol. The van der Waals surface area contributed by atoms with Crippen LogP contribution in [-0.2, 0) is 11.2 Å². The lowest BCUT2D eigenvalue weighted by molar-refractivity contribution is 0.0591. The number of nitrogens with zero attached hydrogens (tertiary/aromatic N) is 2. The van der Waals surface area contributed by atoms with E-state index >= 15 is 0 Å². The Labute approximate surface area is 124 Å². The van der Waals surface area contributed by atoms with Crippen molar-refractivity contribution >= 4 is 5.97 Å². The fourth-order valence-corrected chi connectivity index (χ4v) is 3.40. The number of carbonyl (C=O) groups excluding carboxylic acids is 1. The van der Waals surface area contributed by atoms with Crippen LogP contribution in [0.5, 0.6) is 0 Å². The predicted octanol–water partition coefficient (Wildman–Crippen LogP) is 2.98. The van der Waals surface area contributed by atoms with E-state index < -0.39 is 5.97 Å². The summed E-state index contributed by atoms with van der Waals surface area (Å²) in [5.41, 5.74) is 3.80. The van der Waals surface area contributed by atoms with Gasteiger partial charge in [-0.1, -0.05) is 38.1 Å². The van der Waals surface area contributed by atoms with Crippen molar-refractivity contribution < 1.29 is 9.53 Å². The normalized spacial score (nSPS) is 19.1. The van der Waals surface area contributed by atoms with Gasteiger partial charge in [0.15, 0.2) is 5.69 Å². The standard InChI is InChI=1S/C17H18N2O2/c1-17(2)8-11-6-4-5-7-12(11)14(17)13-9-18-10-19-15(13)16(20)21-3/h4-7,9-10,14H,8H2,1-3H3. The lowest BCUT2D eigenvalue weighted by Crippen LogP contribution is -2.22. The second-order valence-corrected chi connectivity index (χ2v) is 6.12. The van der Waals surface area contributed by atoms with Crippen molar-refractivity contribution in [1.29, 1.82) is 0 Å². The number of ether oxygens (including phenoxy) is 1. The van der Waals surface area contributed by atoms with Gasteiger partial charge in [0, 0.05) is 17.7 Å². The minimum Gasteiger partial charge on any atom is -0.464 e. The number of esters is 1. The molecule has 0 aliphatic heterocycles. The molecule has 0 N–H and O–H groups in total. The van der Waals surface area contributed by atoms with Crippen molar-refractivity contribution in [1.82, 2.24) is 9.97 Å². The number of benzene rings is 1. The van der Waals surface area contributed by atoms with Crippen LogP contribution in [0.25, 0.3) is 0 Å². The van der Waals surface area contributed by atoms with Crippen LogP contribution in [0.1, 0.15) is 46.9 Å². The number of carbonyl (C=O) groups is 1. The molecule has 21 heavy (non-hydrogen) atoms. The molecule has 0 spiro atoms. The summed E-state index contributed by atoms with van der Waals surface area (Å²) in [5, 5.41) is 0. The Bertz CT molecular complexity index is 695. The molecule has 0 saturated carbocycles. The largest absolute Gasteiger partial charge is 0.464 e. The maximum atomic E-state index is 12.0. The lowest BCUT2D eigenvalue weighted by atomic mass is 9.75. The summed E-state index contributed by atoms with van der Waals surface area (Å²) >= 11 is 0. The van der Waals surface area contributed by atoms with E-state index in [0.717, 1.165) is 12.0 Å². The van der Waals surface area contributed by atoms with E-state index in [1.807, 2.05) is 6.07 Å². The van der Waals surface area contributed by atoms with Gasteiger partial charge in [0.1, 0.15) is 6.33 Å². The second-order valence-electron chi connectivity index (χ2n) is 6.12. The molecule has 1 aromatic carbocycles. The van der Waals surface area contributed by atoms with Crippen LogP contribution in [0.2, 0.25) is 0 Å². The predicted molar refractivity (Wildman–Crippen MR) is 79.1 cm³/mol. The summed E-state index contributed by atoms with van der Waals surface area (Å²) in [7, 11) is 1.38. The summed E-state index contributed by atoms with van der Waals surface area (Å²) in [6, 6.07) is 8.37. The second kappa shape index (κ2) is 4.95. The van der Waals surface area contributed by atoms with E-state index in [1.165, 1.54) is 24.6 Å². The Balaban J connectivity index is 2.18. The van der Waals surface area contributed by atoms with Crippen molar-refractivity contribution in [2.45, 2.75) is 26.2 Å². The van der Waals surface area contributed by atoms with Gasteiger partial charge in [-0.05, 0) is 23.0 Å². The molecule has 108 valence electrons. The molecule has 1 atom stereocenters. The number of hydrogen-bond donors (Lipinski definition) is 0. The van der Waals surface area contributed by atoms with Gasteiger partial charge in [-0.3, -0.25) is 0 Å². The molecular formula is C17H18N2O2. The van der Waals surface area contributed by atoms with Crippen LogP contribution in [0.15, 0.2) is 36.8 Å². The van der Waals surface area contributed by atoms with Gasteiger partial charge in [0.05, 0.1) is 7.11 Å². The Hall–Kier alpha value is -2.23. The van der Waals surface area contributed by atoms with Crippen molar-refractivity contribution in [3.8, 4) is 0 Å². The number of hydrogen-bond acceptors (Lipinski definition) is 4. The Morgan fingerprint density at radius 1 is 1.29 bits per heavy atom. The van der Waals surface area contributed by atoms with E-state index in [1.54, 1.807) is 6.20 Å². The van der Waals surface area contributed by atoms with Gasteiger partial charge in [-0.15, -0.1) is 0 Å². The SMILES string of the molecule is COC(=O)c1ncncc1C1c2ccccc2CC1(C)C. The fraction of sp³-hybridized carbons (Fsp3) is 0.353. The van der Waals surface area contributed by atoms with E-state index in [9.17, 15) is 4.79 Å². The zero-order chi connectivity index (χ0) is 15.0. The molecule has 1 aliphatic rings. The van der Waals surface area contributed by atoms with E-state index in [-0.39, 0.29) is 11.3 Å². The highest BCUT2D eigenvalue weighted by molar-refractivity contribution is 5.89. The molecule has 0 amide bonds. The van der Waals surface area contributed by atoms with Crippen LogP contribution in [0.4, 0.5) is 0 Å². The first-order chi connectivity index (χ1) is 10.0. The summed E-state index contributed by atoms with van der Waals surface area (Å²) < 4.78 is 4.86. The van der Waals surface area contributed by atoms with Crippen molar-refractivity contribution in [2.75, 3.05) is 7.11 Å². The Kier molecular flexibility index (Phi) is 3.24. The zero-order valence-corrected chi connectivity index (χ0v) is 12.5. The third-order valence-electron chi connectivity index (χ3n) is 4.22. The van der Waals surface area contributed by atoms with Gasteiger partial charge >= 0.3 is 5.97 Å². The summed E-state index contributed by atoms with van der Waals surface area (Å²) in [6.45, 7) is 4.43. The highest BCUT2D eigenvalue weighted by Crippen LogP contribution is 2.50. The first-order valence-corrected chi connectivity index (χ1v) is 7.00. The number of fused-ring (bicyclic) bond motifs is 1. The molecule has 1 unspecified atom stereocenters. The Morgan fingerprint density at radius 2 is 2.05 bits per heavy atom. The third kappa shape index (κ3) is 2.20. The van der Waals surface area contributed by atoms with Gasteiger partial charge in [0.2, 0.25) is 0 Å². The molecular weight excluding hydrogens is 264 g/mol. The van der Waals surface area contributed by atoms with E-state index in [0.29, 0.717) is 5.69 Å². The number of aromatic nitrogens is 2. The molecule has 1 aromatic heterocycles. The van der Waals surface area contributed by atoms with Crippen LogP contribution < -0.4 is 0 Å².